The number of nitrogens with one attached hydrogen (secondary N) is 3. The number of hydrogen-bond donors (Lipinski definition) is 3. The molecule has 4 rings (SSSR count). The number of benzene rings is 4. The predicted octanol–water partition coefficient (Wildman–Crippen LogP) is 7.66. The molecule has 0 heterocycles. The zero-order valence-corrected chi connectivity index (χ0v) is 24.0. The van der Waals surface area contributed by atoms with Crippen LogP contribution in [0.2, 0.25) is 10.0 Å². The quantitative estimate of drug-likeness (QED) is 0.135. The minimum Gasteiger partial charge on any atom is -0.323 e. The average Bonchev–Trinajstić information content (AvgIpc) is 2.96. The minimum absolute atomic E-state index is 0.0568. The van der Waals surface area contributed by atoms with Crippen molar-refractivity contribution in [3.63, 3.8) is 0 Å². The Morgan fingerprint density at radius 2 is 1.56 bits per heavy atom. The summed E-state index contributed by atoms with van der Waals surface area (Å²) < 4.78 is 13.9. The van der Waals surface area contributed by atoms with Crippen LogP contribution in [-0.4, -0.2) is 23.0 Å². The number of rotatable bonds is 9. The summed E-state index contributed by atoms with van der Waals surface area (Å²) in [4.78, 5) is 39.6. The fourth-order valence-corrected chi connectivity index (χ4v) is 4.92. The van der Waals surface area contributed by atoms with Crippen LogP contribution in [0.3, 0.4) is 0 Å². The Bertz CT molecular complexity index is 1620. The molecule has 0 aliphatic heterocycles. The fraction of sp³-hybridized carbons (Fsp3) is 0.0645. The minimum atomic E-state index is -0.599. The second kappa shape index (κ2) is 14.0. The Labute approximate surface area is 250 Å². The van der Waals surface area contributed by atoms with E-state index in [4.69, 9.17) is 23.2 Å². The summed E-state index contributed by atoms with van der Waals surface area (Å²) >= 11 is 13.7. The van der Waals surface area contributed by atoms with Gasteiger partial charge in [-0.15, -0.1) is 11.8 Å². The van der Waals surface area contributed by atoms with Gasteiger partial charge < -0.3 is 16.0 Å². The van der Waals surface area contributed by atoms with E-state index in [1.807, 2.05) is 0 Å². The molecule has 0 saturated heterocycles. The lowest BCUT2D eigenvalue weighted by Gasteiger charge is -2.14. The number of thioether (sulfide) groups is 1. The smallest absolute Gasteiger partial charge is 0.272 e. The van der Waals surface area contributed by atoms with Crippen molar-refractivity contribution in [2.75, 3.05) is 10.6 Å². The molecule has 10 heteroatoms. The second-order valence-electron chi connectivity index (χ2n) is 8.73. The molecule has 3 amide bonds. The van der Waals surface area contributed by atoms with E-state index in [9.17, 15) is 18.8 Å². The summed E-state index contributed by atoms with van der Waals surface area (Å²) in [6.07, 6.45) is 1.44. The average molecular weight is 609 g/mol. The molecule has 41 heavy (non-hydrogen) atoms. The Kier molecular flexibility index (Phi) is 10.2. The molecule has 208 valence electrons. The van der Waals surface area contributed by atoms with Gasteiger partial charge in [-0.05, 0) is 67.1 Å². The lowest BCUT2D eigenvalue weighted by atomic mass is 10.1. The molecular weight excluding hydrogens is 584 g/mol. The summed E-state index contributed by atoms with van der Waals surface area (Å²) in [5.74, 6) is -1.98. The van der Waals surface area contributed by atoms with Crippen LogP contribution in [0.4, 0.5) is 15.8 Å². The van der Waals surface area contributed by atoms with Crippen LogP contribution < -0.4 is 16.0 Å². The standard InChI is InChI=1S/C31H24Cl2FN3O3S/c1-19(29(38)36-26-16-6-5-15-25(26)34)41-23-13-8-12-22(18-23)35-31(40)27(17-21-11-7-14-24(32)28(21)33)37-30(39)20-9-3-2-4-10-20/h2-19H,1H3,(H,35,40)(H,36,38)(H,37,39)/b27-17+. The lowest BCUT2D eigenvalue weighted by Crippen LogP contribution is -2.30. The van der Waals surface area contributed by atoms with Crippen LogP contribution in [0.15, 0.2) is 108 Å². The Morgan fingerprint density at radius 1 is 0.854 bits per heavy atom. The van der Waals surface area contributed by atoms with Crippen molar-refractivity contribution in [3.8, 4) is 0 Å². The summed E-state index contributed by atoms with van der Waals surface area (Å²) in [5.41, 5.74) is 1.28. The Balaban J connectivity index is 1.51. The molecular formula is C31H24Cl2FN3O3S. The van der Waals surface area contributed by atoms with Gasteiger partial charge in [-0.3, -0.25) is 14.4 Å². The highest BCUT2D eigenvalue weighted by molar-refractivity contribution is 8.00. The molecule has 3 N–H and O–H groups in total. The maximum absolute atomic E-state index is 13.9. The topological polar surface area (TPSA) is 87.3 Å². The van der Waals surface area contributed by atoms with Crippen molar-refractivity contribution >= 4 is 70.1 Å². The summed E-state index contributed by atoms with van der Waals surface area (Å²) in [5, 5.41) is 7.99. The Hall–Kier alpha value is -4.11. The van der Waals surface area contributed by atoms with Crippen LogP contribution >= 0.6 is 35.0 Å². The molecule has 4 aromatic rings. The van der Waals surface area contributed by atoms with Gasteiger partial charge in [0.25, 0.3) is 11.8 Å². The van der Waals surface area contributed by atoms with Crippen molar-refractivity contribution in [1.82, 2.24) is 5.32 Å². The first-order valence-corrected chi connectivity index (χ1v) is 14.0. The van der Waals surface area contributed by atoms with Crippen molar-refractivity contribution in [2.24, 2.45) is 0 Å². The Morgan fingerprint density at radius 3 is 2.32 bits per heavy atom. The molecule has 0 spiro atoms. The number of hydrogen-bond acceptors (Lipinski definition) is 4. The molecule has 6 nitrogen and oxygen atoms in total. The predicted molar refractivity (Wildman–Crippen MR) is 164 cm³/mol. The van der Waals surface area contributed by atoms with Crippen LogP contribution in [0.25, 0.3) is 6.08 Å². The third-order valence-electron chi connectivity index (χ3n) is 5.72. The number of amides is 3. The van der Waals surface area contributed by atoms with Crippen LogP contribution in [0, 0.1) is 5.82 Å². The van der Waals surface area contributed by atoms with Crippen LogP contribution in [0.5, 0.6) is 0 Å². The molecule has 0 radical (unpaired) electrons. The van der Waals surface area contributed by atoms with Gasteiger partial charge in [0.05, 0.1) is 21.0 Å². The van der Waals surface area contributed by atoms with Gasteiger partial charge in [0.2, 0.25) is 5.91 Å². The van der Waals surface area contributed by atoms with E-state index in [1.165, 1.54) is 30.0 Å². The first-order chi connectivity index (χ1) is 19.7. The molecule has 1 unspecified atom stereocenters. The third-order valence-corrected chi connectivity index (χ3v) is 7.64. The highest BCUT2D eigenvalue weighted by Crippen LogP contribution is 2.29. The third kappa shape index (κ3) is 8.20. The number of carbonyl (C=O) groups is 3. The van der Waals surface area contributed by atoms with E-state index in [0.717, 1.165) is 0 Å². The lowest BCUT2D eigenvalue weighted by molar-refractivity contribution is -0.115. The van der Waals surface area contributed by atoms with E-state index in [-0.39, 0.29) is 22.3 Å². The van der Waals surface area contributed by atoms with E-state index >= 15 is 0 Å². The van der Waals surface area contributed by atoms with Gasteiger partial charge in [-0.2, -0.15) is 0 Å². The number of para-hydroxylation sites is 1. The molecule has 0 saturated carbocycles. The maximum atomic E-state index is 13.9. The van der Waals surface area contributed by atoms with Crippen molar-refractivity contribution in [3.05, 3.63) is 130 Å². The van der Waals surface area contributed by atoms with Gasteiger partial charge in [-0.1, -0.05) is 71.7 Å². The van der Waals surface area contributed by atoms with E-state index < -0.39 is 22.9 Å². The summed E-state index contributed by atoms with van der Waals surface area (Å²) in [6, 6.07) is 26.2. The van der Waals surface area contributed by atoms with E-state index in [0.29, 0.717) is 26.7 Å². The normalized spacial score (nSPS) is 11.9. The van der Waals surface area contributed by atoms with Crippen molar-refractivity contribution in [2.45, 2.75) is 17.1 Å². The first kappa shape index (κ1) is 29.9. The zero-order valence-electron chi connectivity index (χ0n) is 21.7. The first-order valence-electron chi connectivity index (χ1n) is 12.4. The number of halogens is 3. The summed E-state index contributed by atoms with van der Waals surface area (Å²) in [6.45, 7) is 1.70. The molecule has 0 fully saturated rings. The molecule has 0 aliphatic rings. The second-order valence-corrected chi connectivity index (χ2v) is 10.9. The van der Waals surface area contributed by atoms with Gasteiger partial charge >= 0.3 is 0 Å². The molecule has 0 bridgehead atoms. The summed E-state index contributed by atoms with van der Waals surface area (Å²) in [7, 11) is 0. The highest BCUT2D eigenvalue weighted by Gasteiger charge is 2.18. The molecule has 0 aliphatic carbocycles. The molecule has 1 atom stereocenters. The molecule has 4 aromatic carbocycles. The van der Waals surface area contributed by atoms with E-state index in [2.05, 4.69) is 16.0 Å². The van der Waals surface area contributed by atoms with Crippen molar-refractivity contribution in [1.29, 1.82) is 0 Å². The molecule has 0 aromatic heterocycles. The highest BCUT2D eigenvalue weighted by atomic mass is 35.5. The maximum Gasteiger partial charge on any atom is 0.272 e. The zero-order chi connectivity index (χ0) is 29.4. The monoisotopic (exact) mass is 607 g/mol. The number of anilines is 2. The van der Waals surface area contributed by atoms with Gasteiger partial charge in [-0.25, -0.2) is 4.39 Å². The van der Waals surface area contributed by atoms with Crippen molar-refractivity contribution < 1.29 is 18.8 Å². The van der Waals surface area contributed by atoms with Gasteiger partial charge in [0.1, 0.15) is 11.5 Å². The van der Waals surface area contributed by atoms with Gasteiger partial charge in [0.15, 0.2) is 0 Å². The van der Waals surface area contributed by atoms with Crippen LogP contribution in [0.1, 0.15) is 22.8 Å². The largest absolute Gasteiger partial charge is 0.323 e. The number of carbonyl (C=O) groups excluding carboxylic acids is 3. The van der Waals surface area contributed by atoms with Crippen LogP contribution in [-0.2, 0) is 9.59 Å². The fourth-order valence-electron chi connectivity index (χ4n) is 3.63. The van der Waals surface area contributed by atoms with E-state index in [1.54, 1.807) is 91.9 Å². The van der Waals surface area contributed by atoms with Gasteiger partial charge in [0, 0.05) is 16.1 Å². The SMILES string of the molecule is CC(Sc1cccc(NC(=O)/C(=C\c2cccc(Cl)c2Cl)NC(=O)c2ccccc2)c1)C(=O)Nc1ccccc1F.